The number of ether oxygens (including phenoxy) is 1. The first-order valence-corrected chi connectivity index (χ1v) is 15.1. The van der Waals surface area contributed by atoms with Gasteiger partial charge in [0, 0.05) is 42.1 Å². The Morgan fingerprint density at radius 1 is 1.02 bits per heavy atom. The van der Waals surface area contributed by atoms with Gasteiger partial charge in [-0.1, -0.05) is 57.2 Å². The molecular weight excluding hydrogens is 548 g/mol. The molecule has 4 aromatic rings. The maximum Gasteiger partial charge on any atom is 0.269 e. The highest BCUT2D eigenvalue weighted by Crippen LogP contribution is 2.40. The molecule has 0 saturated carbocycles. The number of nitrogen functional groups attached to an aromatic ring is 1. The van der Waals surface area contributed by atoms with E-state index in [0.717, 1.165) is 48.9 Å². The number of aliphatic hydroxyl groups is 1. The largest absolute Gasteiger partial charge is 0.392 e. The SMILES string of the molecule is CC(C)(C)c1cc2c(s1)C(=O)N(c1cccc(-c3nc(N)nc(Cc4ccc(CN5CCOCC5)cc4)n3)c1CO)C2. The van der Waals surface area contributed by atoms with Gasteiger partial charge in [0.2, 0.25) is 5.95 Å². The number of aromatic nitrogens is 3. The molecule has 4 heterocycles. The van der Waals surface area contributed by atoms with Gasteiger partial charge in [-0.15, -0.1) is 11.3 Å². The lowest BCUT2D eigenvalue weighted by Gasteiger charge is -2.26. The van der Waals surface area contributed by atoms with Crippen LogP contribution in [0.2, 0.25) is 0 Å². The van der Waals surface area contributed by atoms with Crippen molar-refractivity contribution in [1.82, 2.24) is 19.9 Å². The summed E-state index contributed by atoms with van der Waals surface area (Å²) in [6.45, 7) is 11.0. The molecule has 0 spiro atoms. The van der Waals surface area contributed by atoms with Gasteiger partial charge in [0.15, 0.2) is 5.82 Å². The Bertz CT molecular complexity index is 1610. The molecule has 0 atom stereocenters. The molecule has 0 aliphatic carbocycles. The van der Waals surface area contributed by atoms with Crippen molar-refractivity contribution in [2.45, 2.75) is 52.3 Å². The van der Waals surface area contributed by atoms with Crippen LogP contribution in [0.3, 0.4) is 0 Å². The Morgan fingerprint density at radius 3 is 2.45 bits per heavy atom. The molecular formula is C32H36N6O3S. The maximum absolute atomic E-state index is 13.5. The molecule has 2 aromatic heterocycles. The van der Waals surface area contributed by atoms with Crippen LogP contribution >= 0.6 is 11.3 Å². The topological polar surface area (TPSA) is 118 Å². The van der Waals surface area contributed by atoms with E-state index in [0.29, 0.717) is 41.4 Å². The lowest BCUT2D eigenvalue weighted by Crippen LogP contribution is -2.35. The van der Waals surface area contributed by atoms with Crippen LogP contribution in [0.5, 0.6) is 0 Å². The second-order valence-electron chi connectivity index (χ2n) is 11.9. The predicted octanol–water partition coefficient (Wildman–Crippen LogP) is 4.56. The van der Waals surface area contributed by atoms with Crippen LogP contribution in [0.25, 0.3) is 11.4 Å². The Balaban J connectivity index is 1.24. The molecule has 10 heteroatoms. The van der Waals surface area contributed by atoms with Crippen LogP contribution in [0.15, 0.2) is 48.5 Å². The van der Waals surface area contributed by atoms with E-state index in [1.165, 1.54) is 10.4 Å². The van der Waals surface area contributed by atoms with Crippen molar-refractivity contribution >= 4 is 28.9 Å². The average Bonchev–Trinajstić information content (AvgIpc) is 3.53. The normalized spacial score (nSPS) is 15.8. The first-order valence-electron chi connectivity index (χ1n) is 14.3. The third-order valence-electron chi connectivity index (χ3n) is 7.75. The molecule has 1 amide bonds. The van der Waals surface area contributed by atoms with E-state index < -0.39 is 0 Å². The Morgan fingerprint density at radius 2 is 1.76 bits per heavy atom. The molecule has 0 radical (unpaired) electrons. The van der Waals surface area contributed by atoms with Crippen molar-refractivity contribution < 1.29 is 14.6 Å². The molecule has 1 saturated heterocycles. The van der Waals surface area contributed by atoms with Crippen LogP contribution in [0.1, 0.15) is 63.4 Å². The second-order valence-corrected chi connectivity index (χ2v) is 12.9. The second kappa shape index (κ2) is 11.5. The van der Waals surface area contributed by atoms with E-state index >= 15 is 0 Å². The number of amides is 1. The van der Waals surface area contributed by atoms with Crippen LogP contribution in [0.4, 0.5) is 11.6 Å². The van der Waals surface area contributed by atoms with Crippen LogP contribution in [-0.4, -0.2) is 57.2 Å². The number of hydrogen-bond donors (Lipinski definition) is 2. The molecule has 1 fully saturated rings. The fraction of sp³-hybridized carbons (Fsp3) is 0.375. The molecule has 0 unspecified atom stereocenters. The zero-order chi connectivity index (χ0) is 29.4. The number of nitrogens with two attached hydrogens (primary N) is 1. The number of rotatable bonds is 7. The Labute approximate surface area is 250 Å². The van der Waals surface area contributed by atoms with E-state index in [9.17, 15) is 9.90 Å². The van der Waals surface area contributed by atoms with Gasteiger partial charge in [0.1, 0.15) is 5.82 Å². The average molecular weight is 585 g/mol. The first kappa shape index (κ1) is 28.4. The number of aliphatic hydroxyl groups excluding tert-OH is 1. The summed E-state index contributed by atoms with van der Waals surface area (Å²) >= 11 is 1.55. The number of morpholine rings is 1. The number of carbonyl (C=O) groups excluding carboxylic acids is 1. The summed E-state index contributed by atoms with van der Waals surface area (Å²) in [4.78, 5) is 33.1. The molecule has 0 bridgehead atoms. The fourth-order valence-electron chi connectivity index (χ4n) is 5.46. The minimum atomic E-state index is -0.276. The number of fused-ring (bicyclic) bond motifs is 1. The molecule has 42 heavy (non-hydrogen) atoms. The van der Waals surface area contributed by atoms with E-state index in [2.05, 4.69) is 66.0 Å². The van der Waals surface area contributed by atoms with Crippen molar-refractivity contribution in [2.75, 3.05) is 36.9 Å². The maximum atomic E-state index is 13.5. The van der Waals surface area contributed by atoms with Gasteiger partial charge in [-0.3, -0.25) is 9.69 Å². The van der Waals surface area contributed by atoms with Gasteiger partial charge in [-0.05, 0) is 34.2 Å². The number of thiophene rings is 1. The number of nitrogens with zero attached hydrogens (tertiary/aromatic N) is 5. The summed E-state index contributed by atoms with van der Waals surface area (Å²) in [5, 5.41) is 10.5. The zero-order valence-corrected chi connectivity index (χ0v) is 25.1. The fourth-order valence-corrected chi connectivity index (χ4v) is 6.64. The monoisotopic (exact) mass is 584 g/mol. The highest BCUT2D eigenvalue weighted by Gasteiger charge is 2.34. The summed E-state index contributed by atoms with van der Waals surface area (Å²) in [5.41, 5.74) is 11.3. The van der Waals surface area contributed by atoms with Crippen molar-refractivity contribution in [3.8, 4) is 11.4 Å². The number of anilines is 2. The van der Waals surface area contributed by atoms with Gasteiger partial charge in [-0.2, -0.15) is 9.97 Å². The first-order chi connectivity index (χ1) is 20.2. The Kier molecular flexibility index (Phi) is 7.80. The van der Waals surface area contributed by atoms with Crippen molar-refractivity contribution in [1.29, 1.82) is 0 Å². The summed E-state index contributed by atoms with van der Waals surface area (Å²) in [5.74, 6) is 0.985. The quantitative estimate of drug-likeness (QED) is 0.325. The van der Waals surface area contributed by atoms with Crippen molar-refractivity contribution in [3.63, 3.8) is 0 Å². The van der Waals surface area contributed by atoms with Gasteiger partial charge in [0.05, 0.1) is 36.9 Å². The smallest absolute Gasteiger partial charge is 0.269 e. The minimum Gasteiger partial charge on any atom is -0.392 e. The van der Waals surface area contributed by atoms with Gasteiger partial charge >= 0.3 is 0 Å². The lowest BCUT2D eigenvalue weighted by molar-refractivity contribution is 0.0342. The van der Waals surface area contributed by atoms with Gasteiger partial charge < -0.3 is 20.5 Å². The molecule has 2 aliphatic heterocycles. The highest BCUT2D eigenvalue weighted by atomic mass is 32.1. The number of hydrogen-bond acceptors (Lipinski definition) is 9. The molecule has 9 nitrogen and oxygen atoms in total. The van der Waals surface area contributed by atoms with Gasteiger partial charge in [-0.25, -0.2) is 4.98 Å². The molecule has 2 aromatic carbocycles. The third kappa shape index (κ3) is 5.80. The van der Waals surface area contributed by atoms with E-state index in [1.54, 1.807) is 16.2 Å². The summed E-state index contributed by atoms with van der Waals surface area (Å²) in [6.07, 6.45) is 0.493. The standard InChI is InChI=1S/C32H36N6O3S/c1-32(2,3)26-16-22-18-38(30(40)28(22)42-26)25-6-4-5-23(24(25)19-39)29-34-27(35-31(33)36-29)15-20-7-9-21(10-8-20)17-37-11-13-41-14-12-37/h4-10,16,39H,11-15,17-19H2,1-3H3,(H2,33,34,35,36). The zero-order valence-electron chi connectivity index (χ0n) is 24.3. The van der Waals surface area contributed by atoms with E-state index in [-0.39, 0.29) is 23.9 Å². The predicted molar refractivity (Wildman–Crippen MR) is 164 cm³/mol. The molecule has 6 rings (SSSR count). The Hall–Kier alpha value is -3.70. The summed E-state index contributed by atoms with van der Waals surface area (Å²) < 4.78 is 5.45. The van der Waals surface area contributed by atoms with Crippen LogP contribution < -0.4 is 10.6 Å². The van der Waals surface area contributed by atoms with Gasteiger partial charge in [0.25, 0.3) is 5.91 Å². The highest BCUT2D eigenvalue weighted by molar-refractivity contribution is 7.14. The third-order valence-corrected chi connectivity index (χ3v) is 9.34. The van der Waals surface area contributed by atoms with Crippen molar-refractivity contribution in [3.05, 3.63) is 86.4 Å². The molecule has 218 valence electrons. The van der Waals surface area contributed by atoms with E-state index in [4.69, 9.17) is 15.5 Å². The number of benzene rings is 2. The summed E-state index contributed by atoms with van der Waals surface area (Å²) in [6, 6.07) is 16.2. The van der Waals surface area contributed by atoms with E-state index in [1.807, 2.05) is 18.2 Å². The summed E-state index contributed by atoms with van der Waals surface area (Å²) in [7, 11) is 0. The lowest BCUT2D eigenvalue weighted by atomic mass is 9.94. The van der Waals surface area contributed by atoms with Crippen LogP contribution in [-0.2, 0) is 36.3 Å². The molecule has 3 N–H and O–H groups in total. The minimum absolute atomic E-state index is 0.0163. The van der Waals surface area contributed by atoms with Crippen LogP contribution in [0, 0.1) is 0 Å². The number of carbonyl (C=O) groups is 1. The molecule has 2 aliphatic rings. The van der Waals surface area contributed by atoms with Crippen molar-refractivity contribution in [2.24, 2.45) is 0 Å².